The van der Waals surface area contributed by atoms with Crippen molar-refractivity contribution < 1.29 is 22.8 Å². The highest BCUT2D eigenvalue weighted by molar-refractivity contribution is 7.89. The number of hydrogen-bond donors (Lipinski definition) is 2. The number of sulfonamides is 1. The summed E-state index contributed by atoms with van der Waals surface area (Å²) in [5.41, 5.74) is 1.27. The van der Waals surface area contributed by atoms with Gasteiger partial charge in [0.2, 0.25) is 17.8 Å². The van der Waals surface area contributed by atoms with Crippen molar-refractivity contribution in [1.29, 1.82) is 0 Å². The fourth-order valence-electron chi connectivity index (χ4n) is 6.28. The lowest BCUT2D eigenvalue weighted by atomic mass is 9.91. The molecule has 250 valence electrons. The average Bonchev–Trinajstić information content (AvgIpc) is 3.78. The minimum Gasteiger partial charge on any atom is -0.357 e. The van der Waals surface area contributed by atoms with E-state index in [9.17, 15) is 22.8 Å². The average molecular weight is 712 g/mol. The molecule has 0 spiro atoms. The van der Waals surface area contributed by atoms with E-state index in [1.54, 1.807) is 31.5 Å². The topological polar surface area (TPSA) is 159 Å². The molecule has 48 heavy (non-hydrogen) atoms. The summed E-state index contributed by atoms with van der Waals surface area (Å²) in [5, 5.41) is 5.39. The molecule has 3 unspecified atom stereocenters. The molecule has 4 aromatic rings. The van der Waals surface area contributed by atoms with E-state index in [1.807, 2.05) is 24.3 Å². The molecule has 2 aromatic carbocycles. The van der Waals surface area contributed by atoms with E-state index >= 15 is 0 Å². The van der Waals surface area contributed by atoms with Crippen molar-refractivity contribution >= 4 is 62.6 Å². The number of rotatable bonds is 9. The summed E-state index contributed by atoms with van der Waals surface area (Å²) in [5.74, 6) is -1.39. The zero-order valence-electron chi connectivity index (χ0n) is 26.2. The lowest BCUT2D eigenvalue weighted by molar-refractivity contribution is -0.130. The van der Waals surface area contributed by atoms with Gasteiger partial charge in [-0.2, -0.15) is 4.31 Å². The molecule has 0 bridgehead atoms. The molecule has 2 aliphatic rings. The normalized spacial score (nSPS) is 20.1. The van der Waals surface area contributed by atoms with Crippen molar-refractivity contribution in [3.63, 3.8) is 0 Å². The third kappa shape index (κ3) is 5.93. The predicted molar refractivity (Wildman–Crippen MR) is 179 cm³/mol. The number of likely N-dealkylation sites (N-methyl/N-ethyl adjacent to an activating group) is 1. The van der Waals surface area contributed by atoms with E-state index < -0.39 is 45.4 Å². The van der Waals surface area contributed by atoms with Gasteiger partial charge in [0.1, 0.15) is 23.9 Å². The van der Waals surface area contributed by atoms with Crippen LogP contribution in [0.15, 0.2) is 72.4 Å². The van der Waals surface area contributed by atoms with Crippen molar-refractivity contribution in [1.82, 2.24) is 34.5 Å². The Bertz CT molecular complexity index is 1990. The van der Waals surface area contributed by atoms with Crippen molar-refractivity contribution in [3.05, 3.63) is 83.0 Å². The van der Waals surface area contributed by atoms with Crippen molar-refractivity contribution in [2.24, 2.45) is 0 Å². The second kappa shape index (κ2) is 12.9. The SMILES string of the molecule is CNC(=O)C(C)NC(=O)C1CCCN1S(=O)(=O)c1cnc2n1C(C)(Cc1ccc(-c3cncnc3)cc1)C(=O)N2c1cc(Cl)cc(Cl)c1. The molecule has 16 heteroatoms. The third-order valence-corrected chi connectivity index (χ3v) is 11.0. The molecule has 2 N–H and O–H groups in total. The largest absolute Gasteiger partial charge is 0.357 e. The quantitative estimate of drug-likeness (QED) is 0.266. The fraction of sp³-hybridized carbons (Fsp3) is 0.312. The Morgan fingerprint density at radius 1 is 1.04 bits per heavy atom. The highest BCUT2D eigenvalue weighted by atomic mass is 35.5. The van der Waals surface area contributed by atoms with Gasteiger partial charge in [-0.25, -0.2) is 28.3 Å². The summed E-state index contributed by atoms with van der Waals surface area (Å²) >= 11 is 12.6. The maximum Gasteiger partial charge on any atom is 0.261 e. The van der Waals surface area contributed by atoms with Crippen molar-refractivity contribution in [2.75, 3.05) is 18.5 Å². The number of aromatic nitrogens is 4. The summed E-state index contributed by atoms with van der Waals surface area (Å²) in [6.45, 7) is 3.24. The van der Waals surface area contributed by atoms with Gasteiger partial charge in [-0.3, -0.25) is 19.0 Å². The molecule has 2 aromatic heterocycles. The molecule has 4 heterocycles. The standard InChI is InChI=1S/C32H32Cl2N8O5S/c1-19(28(43)35-3)39-29(44)26-5-4-10-40(26)48(46,47)27-17-38-31-41(25-12-23(33)11-24(34)13-25)30(45)32(2,42(27)31)14-20-6-8-21(9-7-20)22-15-36-18-37-16-22/h6-9,11-13,15-19,26H,4-5,10,14H2,1-3H3,(H,35,43)(H,39,44). The molecule has 3 atom stereocenters. The van der Waals surface area contributed by atoms with Crippen LogP contribution in [-0.4, -0.2) is 75.6 Å². The van der Waals surface area contributed by atoms with Gasteiger partial charge < -0.3 is 10.6 Å². The fourth-order valence-corrected chi connectivity index (χ4v) is 8.64. The maximum absolute atomic E-state index is 14.5. The molecule has 13 nitrogen and oxygen atoms in total. The van der Waals surface area contributed by atoms with Crippen LogP contribution in [0.5, 0.6) is 0 Å². The monoisotopic (exact) mass is 710 g/mol. The van der Waals surface area contributed by atoms with Crippen LogP contribution >= 0.6 is 23.2 Å². The first kappa shape index (κ1) is 33.5. The van der Waals surface area contributed by atoms with Gasteiger partial charge in [0.15, 0.2) is 5.03 Å². The third-order valence-electron chi connectivity index (χ3n) is 8.65. The van der Waals surface area contributed by atoms with Crippen LogP contribution in [0.4, 0.5) is 11.6 Å². The molecule has 1 fully saturated rings. The molecule has 0 aliphatic carbocycles. The Labute approximate surface area is 287 Å². The van der Waals surface area contributed by atoms with Crippen LogP contribution < -0.4 is 15.5 Å². The number of benzene rings is 2. The predicted octanol–water partition coefficient (Wildman–Crippen LogP) is 3.69. The Kier molecular flexibility index (Phi) is 9.02. The number of fused-ring (bicyclic) bond motifs is 1. The number of imidazole rings is 1. The van der Waals surface area contributed by atoms with E-state index in [-0.39, 0.29) is 40.4 Å². The van der Waals surface area contributed by atoms with Crippen molar-refractivity contribution in [3.8, 4) is 11.1 Å². The zero-order chi connectivity index (χ0) is 34.4. The number of carbonyl (C=O) groups excluding carboxylic acids is 3. The van der Waals surface area contributed by atoms with E-state index in [4.69, 9.17) is 23.2 Å². The van der Waals surface area contributed by atoms with Gasteiger partial charge in [-0.1, -0.05) is 47.5 Å². The van der Waals surface area contributed by atoms with Crippen LogP contribution in [0.2, 0.25) is 10.0 Å². The Morgan fingerprint density at radius 2 is 1.71 bits per heavy atom. The van der Waals surface area contributed by atoms with Gasteiger partial charge in [-0.15, -0.1) is 0 Å². The second-order valence-corrected chi connectivity index (χ2v) is 14.6. The molecular formula is C32H32Cl2N8O5S. The Balaban J connectivity index is 1.41. The van der Waals surface area contributed by atoms with E-state index in [1.165, 1.54) is 42.0 Å². The van der Waals surface area contributed by atoms with Crippen molar-refractivity contribution in [2.45, 2.75) is 55.8 Å². The van der Waals surface area contributed by atoms with Crippen LogP contribution in [0.3, 0.4) is 0 Å². The summed E-state index contributed by atoms with van der Waals surface area (Å²) in [4.78, 5) is 53.7. The number of nitrogens with one attached hydrogen (secondary N) is 2. The first-order chi connectivity index (χ1) is 22.8. The summed E-state index contributed by atoms with van der Waals surface area (Å²) < 4.78 is 31.5. The van der Waals surface area contributed by atoms with E-state index in [0.717, 1.165) is 21.0 Å². The molecule has 0 radical (unpaired) electrons. The molecular weight excluding hydrogens is 679 g/mol. The Morgan fingerprint density at radius 3 is 2.35 bits per heavy atom. The molecule has 1 saturated heterocycles. The van der Waals surface area contributed by atoms with Crippen LogP contribution in [0.25, 0.3) is 11.1 Å². The van der Waals surface area contributed by atoms with Gasteiger partial charge in [0, 0.05) is 48.0 Å². The number of amides is 3. The first-order valence-electron chi connectivity index (χ1n) is 15.1. The minimum atomic E-state index is -4.40. The summed E-state index contributed by atoms with van der Waals surface area (Å²) in [6, 6.07) is 10.2. The van der Waals surface area contributed by atoms with Crippen LogP contribution in [0, 0.1) is 0 Å². The van der Waals surface area contributed by atoms with Crippen LogP contribution in [-0.2, 0) is 36.4 Å². The number of carbonyl (C=O) groups is 3. The molecule has 3 amide bonds. The molecule has 2 aliphatic heterocycles. The van der Waals surface area contributed by atoms with E-state index in [2.05, 4.69) is 25.6 Å². The molecule has 6 rings (SSSR count). The summed E-state index contributed by atoms with van der Waals surface area (Å²) in [7, 11) is -2.95. The number of anilines is 2. The number of nitrogens with zero attached hydrogens (tertiary/aromatic N) is 6. The molecule has 0 saturated carbocycles. The highest BCUT2D eigenvalue weighted by Crippen LogP contribution is 2.45. The van der Waals surface area contributed by atoms with Gasteiger partial charge in [0.05, 0.1) is 11.9 Å². The summed E-state index contributed by atoms with van der Waals surface area (Å²) in [6.07, 6.45) is 6.81. The Hall–Kier alpha value is -4.37. The smallest absolute Gasteiger partial charge is 0.261 e. The second-order valence-electron chi connectivity index (χ2n) is 11.9. The van der Waals surface area contributed by atoms with Gasteiger partial charge in [0.25, 0.3) is 15.9 Å². The lowest BCUT2D eigenvalue weighted by Crippen LogP contribution is -2.52. The maximum atomic E-state index is 14.5. The first-order valence-corrected chi connectivity index (χ1v) is 17.3. The van der Waals surface area contributed by atoms with Gasteiger partial charge >= 0.3 is 0 Å². The van der Waals surface area contributed by atoms with Gasteiger partial charge in [-0.05, 0) is 56.0 Å². The highest BCUT2D eigenvalue weighted by Gasteiger charge is 2.53. The van der Waals surface area contributed by atoms with E-state index in [0.29, 0.717) is 12.1 Å². The van der Waals surface area contributed by atoms with Crippen LogP contribution in [0.1, 0.15) is 32.3 Å². The number of halogens is 2. The number of hydrogen-bond acceptors (Lipinski definition) is 8. The minimum absolute atomic E-state index is 0.0610. The lowest BCUT2D eigenvalue weighted by Gasteiger charge is -2.29. The zero-order valence-corrected chi connectivity index (χ0v) is 28.6.